The minimum atomic E-state index is -0.742. The number of fused-ring (bicyclic) bond motifs is 1. The second-order valence-corrected chi connectivity index (χ2v) is 8.39. The highest BCUT2D eigenvalue weighted by Crippen LogP contribution is 2.48. The SMILES string of the molecule is COc1ccccc1N1CCC(CNC(=O)N2C[C@@H]3CCC[C@@]3(C(=O)O)C2)C1. The first-order chi connectivity index (χ1) is 13.5. The third-order valence-electron chi connectivity index (χ3n) is 6.84. The molecule has 0 aromatic heterocycles. The van der Waals surface area contributed by atoms with Crippen molar-refractivity contribution in [1.29, 1.82) is 0 Å². The Morgan fingerprint density at radius 1 is 1.29 bits per heavy atom. The molecule has 2 aliphatic heterocycles. The van der Waals surface area contributed by atoms with E-state index in [9.17, 15) is 14.7 Å². The van der Waals surface area contributed by atoms with Crippen molar-refractivity contribution in [2.45, 2.75) is 25.7 Å². The summed E-state index contributed by atoms with van der Waals surface area (Å²) in [6, 6.07) is 7.88. The Morgan fingerprint density at radius 3 is 2.86 bits per heavy atom. The number of ether oxygens (including phenoxy) is 1. The van der Waals surface area contributed by atoms with Crippen LogP contribution in [0.4, 0.5) is 10.5 Å². The van der Waals surface area contributed by atoms with E-state index in [1.807, 2.05) is 18.2 Å². The first-order valence-electron chi connectivity index (χ1n) is 10.2. The van der Waals surface area contributed by atoms with E-state index in [1.165, 1.54) is 0 Å². The summed E-state index contributed by atoms with van der Waals surface area (Å²) in [7, 11) is 1.68. The summed E-state index contributed by atoms with van der Waals surface area (Å²) < 4.78 is 5.46. The molecule has 0 spiro atoms. The van der Waals surface area contributed by atoms with Crippen molar-refractivity contribution in [2.24, 2.45) is 17.3 Å². The van der Waals surface area contributed by atoms with Crippen molar-refractivity contribution >= 4 is 17.7 Å². The number of para-hydroxylation sites is 2. The standard InChI is InChI=1S/C21H29N3O4/c1-28-18-7-3-2-6-17(18)23-10-8-15(12-23)11-22-20(27)24-13-16-5-4-9-21(16,14-24)19(25)26/h2-3,6-7,15-16H,4-5,8-14H2,1H3,(H,22,27)(H,25,26)/t15?,16-,21+/m0/s1. The van der Waals surface area contributed by atoms with Gasteiger partial charge in [-0.3, -0.25) is 4.79 Å². The van der Waals surface area contributed by atoms with Crippen LogP contribution in [0.3, 0.4) is 0 Å². The van der Waals surface area contributed by atoms with Crippen LogP contribution in [-0.2, 0) is 4.79 Å². The van der Waals surface area contributed by atoms with E-state index < -0.39 is 11.4 Å². The number of carboxylic acids is 1. The predicted octanol–water partition coefficient (Wildman–Crippen LogP) is 2.42. The topological polar surface area (TPSA) is 82.1 Å². The second kappa shape index (κ2) is 7.53. The van der Waals surface area contributed by atoms with Crippen molar-refractivity contribution in [3.8, 4) is 5.75 Å². The van der Waals surface area contributed by atoms with Gasteiger partial charge >= 0.3 is 12.0 Å². The number of carbonyl (C=O) groups is 2. The second-order valence-electron chi connectivity index (χ2n) is 8.39. The van der Waals surface area contributed by atoms with Gasteiger partial charge in [0.05, 0.1) is 18.2 Å². The third-order valence-corrected chi connectivity index (χ3v) is 6.84. The summed E-state index contributed by atoms with van der Waals surface area (Å²) in [4.78, 5) is 28.4. The van der Waals surface area contributed by atoms with Crippen LogP contribution in [0, 0.1) is 17.3 Å². The van der Waals surface area contributed by atoms with Crippen molar-refractivity contribution in [1.82, 2.24) is 10.2 Å². The molecule has 1 unspecified atom stereocenters. The summed E-state index contributed by atoms with van der Waals surface area (Å²) in [5.74, 6) is 0.607. The lowest BCUT2D eigenvalue weighted by molar-refractivity contribution is -0.149. The van der Waals surface area contributed by atoms with Gasteiger partial charge in [0.15, 0.2) is 0 Å². The summed E-state index contributed by atoms with van der Waals surface area (Å²) >= 11 is 0. The molecule has 4 rings (SSSR count). The number of rotatable bonds is 5. The van der Waals surface area contributed by atoms with Crippen LogP contribution in [0.5, 0.6) is 5.75 Å². The van der Waals surface area contributed by atoms with Gasteiger partial charge < -0.3 is 25.0 Å². The Balaban J connectivity index is 1.30. The number of likely N-dealkylation sites (tertiary alicyclic amines) is 1. The molecule has 28 heavy (non-hydrogen) atoms. The van der Waals surface area contributed by atoms with Gasteiger partial charge in [0, 0.05) is 32.7 Å². The van der Waals surface area contributed by atoms with E-state index in [4.69, 9.17) is 4.74 Å². The first-order valence-corrected chi connectivity index (χ1v) is 10.2. The molecule has 1 saturated carbocycles. The van der Waals surface area contributed by atoms with Crippen LogP contribution in [0.1, 0.15) is 25.7 Å². The van der Waals surface area contributed by atoms with Gasteiger partial charge in [-0.15, -0.1) is 0 Å². The van der Waals surface area contributed by atoms with Gasteiger partial charge in [-0.05, 0) is 43.2 Å². The quantitative estimate of drug-likeness (QED) is 0.811. The zero-order valence-corrected chi connectivity index (χ0v) is 16.4. The smallest absolute Gasteiger partial charge is 0.317 e. The Morgan fingerprint density at radius 2 is 2.11 bits per heavy atom. The molecule has 0 radical (unpaired) electrons. The molecule has 0 bridgehead atoms. The van der Waals surface area contributed by atoms with E-state index in [1.54, 1.807) is 12.0 Å². The van der Waals surface area contributed by atoms with Gasteiger partial charge in [-0.25, -0.2) is 4.79 Å². The fourth-order valence-electron chi connectivity index (χ4n) is 5.25. The number of amides is 2. The minimum Gasteiger partial charge on any atom is -0.495 e. The van der Waals surface area contributed by atoms with Crippen molar-refractivity contribution in [2.75, 3.05) is 44.7 Å². The van der Waals surface area contributed by atoms with Crippen molar-refractivity contribution in [3.63, 3.8) is 0 Å². The van der Waals surface area contributed by atoms with E-state index >= 15 is 0 Å². The van der Waals surface area contributed by atoms with E-state index in [0.29, 0.717) is 32.0 Å². The molecule has 2 amide bonds. The molecule has 152 valence electrons. The molecule has 7 heteroatoms. The average molecular weight is 387 g/mol. The number of urea groups is 1. The maximum absolute atomic E-state index is 12.6. The number of methoxy groups -OCH3 is 1. The Kier molecular flexibility index (Phi) is 5.08. The van der Waals surface area contributed by atoms with E-state index in [2.05, 4.69) is 16.3 Å². The molecule has 2 saturated heterocycles. The minimum absolute atomic E-state index is 0.100. The lowest BCUT2D eigenvalue weighted by atomic mass is 9.81. The number of anilines is 1. The predicted molar refractivity (Wildman–Crippen MR) is 106 cm³/mol. The van der Waals surface area contributed by atoms with Crippen molar-refractivity contribution < 1.29 is 19.4 Å². The van der Waals surface area contributed by atoms with Crippen LogP contribution in [-0.4, -0.2) is 61.8 Å². The van der Waals surface area contributed by atoms with Gasteiger partial charge in [-0.1, -0.05) is 18.6 Å². The highest BCUT2D eigenvalue weighted by Gasteiger charge is 2.55. The molecule has 2 heterocycles. The number of hydrogen-bond donors (Lipinski definition) is 2. The molecular weight excluding hydrogens is 358 g/mol. The van der Waals surface area contributed by atoms with E-state index in [0.717, 1.165) is 43.8 Å². The Bertz CT molecular complexity index is 755. The lowest BCUT2D eigenvalue weighted by Crippen LogP contribution is -2.43. The zero-order valence-electron chi connectivity index (χ0n) is 16.4. The van der Waals surface area contributed by atoms with Crippen LogP contribution in [0.2, 0.25) is 0 Å². The van der Waals surface area contributed by atoms with Crippen LogP contribution in [0.15, 0.2) is 24.3 Å². The highest BCUT2D eigenvalue weighted by atomic mass is 16.5. The maximum Gasteiger partial charge on any atom is 0.317 e. The van der Waals surface area contributed by atoms with Gasteiger partial charge in [0.25, 0.3) is 0 Å². The molecule has 3 atom stereocenters. The molecule has 2 N–H and O–H groups in total. The number of aliphatic carboxylic acids is 1. The maximum atomic E-state index is 12.6. The lowest BCUT2D eigenvalue weighted by Gasteiger charge is -2.24. The number of benzene rings is 1. The fraction of sp³-hybridized carbons (Fsp3) is 0.619. The molecule has 3 fully saturated rings. The van der Waals surface area contributed by atoms with Gasteiger partial charge in [-0.2, -0.15) is 0 Å². The monoisotopic (exact) mass is 387 g/mol. The average Bonchev–Trinajstić information content (AvgIpc) is 3.40. The summed E-state index contributed by atoms with van der Waals surface area (Å²) in [5, 5.41) is 12.7. The number of carbonyl (C=O) groups excluding carboxylic acids is 1. The molecule has 7 nitrogen and oxygen atoms in total. The summed E-state index contributed by atoms with van der Waals surface area (Å²) in [6.07, 6.45) is 3.56. The normalized spacial score (nSPS) is 29.0. The van der Waals surface area contributed by atoms with E-state index in [-0.39, 0.29) is 11.9 Å². The molecule has 1 aliphatic carbocycles. The number of hydrogen-bond acceptors (Lipinski definition) is 4. The highest BCUT2D eigenvalue weighted by molar-refractivity contribution is 5.80. The zero-order chi connectivity index (χ0) is 19.7. The molecule has 1 aromatic rings. The van der Waals surface area contributed by atoms with Crippen LogP contribution in [0.25, 0.3) is 0 Å². The first kappa shape index (κ1) is 18.9. The third kappa shape index (κ3) is 3.27. The molecule has 3 aliphatic rings. The molecule has 1 aromatic carbocycles. The Hall–Kier alpha value is -2.44. The fourth-order valence-corrected chi connectivity index (χ4v) is 5.25. The Labute approximate surface area is 165 Å². The molecular formula is C21H29N3O4. The number of nitrogens with one attached hydrogen (secondary N) is 1. The summed E-state index contributed by atoms with van der Waals surface area (Å²) in [6.45, 7) is 3.34. The van der Waals surface area contributed by atoms with Gasteiger partial charge in [0.1, 0.15) is 5.75 Å². The van der Waals surface area contributed by atoms with Crippen LogP contribution < -0.4 is 15.0 Å². The van der Waals surface area contributed by atoms with Crippen molar-refractivity contribution in [3.05, 3.63) is 24.3 Å². The number of nitrogens with zero attached hydrogens (tertiary/aromatic N) is 2. The number of carboxylic acid groups (broad SMARTS) is 1. The summed E-state index contributed by atoms with van der Waals surface area (Å²) in [5.41, 5.74) is 0.375. The van der Waals surface area contributed by atoms with Gasteiger partial charge in [0.2, 0.25) is 0 Å². The largest absolute Gasteiger partial charge is 0.495 e. The van der Waals surface area contributed by atoms with Crippen LogP contribution >= 0.6 is 0 Å².